The predicted octanol–water partition coefficient (Wildman–Crippen LogP) is 2.53. The van der Waals surface area contributed by atoms with Crippen LogP contribution in [0.2, 0.25) is 0 Å². The highest BCUT2D eigenvalue weighted by atomic mass is 32.2. The molecule has 1 aromatic rings. The highest BCUT2D eigenvalue weighted by Gasteiger charge is 2.36. The lowest BCUT2D eigenvalue weighted by Crippen LogP contribution is -2.35. The summed E-state index contributed by atoms with van der Waals surface area (Å²) in [6, 6.07) is 2.54. The molecule has 2 aliphatic carbocycles. The van der Waals surface area contributed by atoms with Gasteiger partial charge in [0, 0.05) is 24.3 Å². The van der Waals surface area contributed by atoms with Gasteiger partial charge >= 0.3 is 0 Å². The van der Waals surface area contributed by atoms with Gasteiger partial charge in [-0.1, -0.05) is 0 Å². The Morgan fingerprint density at radius 2 is 1.71 bits per heavy atom. The van der Waals surface area contributed by atoms with E-state index in [0.717, 1.165) is 25.7 Å². The first kappa shape index (κ1) is 14.8. The predicted molar refractivity (Wildman–Crippen MR) is 79.8 cm³/mol. The van der Waals surface area contributed by atoms with E-state index >= 15 is 0 Å². The summed E-state index contributed by atoms with van der Waals surface area (Å²) in [4.78, 5) is 0.0151. The van der Waals surface area contributed by atoms with Crippen molar-refractivity contribution < 1.29 is 12.8 Å². The molecular weight excluding hydrogens is 291 g/mol. The molecule has 0 amide bonds. The highest BCUT2D eigenvalue weighted by molar-refractivity contribution is 7.89. The first-order chi connectivity index (χ1) is 9.88. The number of hydrogen-bond donors (Lipinski definition) is 1. The Kier molecular flexibility index (Phi) is 3.69. The molecule has 0 radical (unpaired) electrons. The third-order valence-corrected chi connectivity index (χ3v) is 6.21. The first-order valence-corrected chi connectivity index (χ1v) is 8.87. The molecule has 0 atom stereocenters. The van der Waals surface area contributed by atoms with Gasteiger partial charge in [0.15, 0.2) is 0 Å². The van der Waals surface area contributed by atoms with E-state index in [1.165, 1.54) is 19.1 Å². The Bertz CT molecular complexity index is 638. The van der Waals surface area contributed by atoms with E-state index in [1.807, 2.05) is 0 Å². The summed E-state index contributed by atoms with van der Waals surface area (Å²) < 4.78 is 41.1. The van der Waals surface area contributed by atoms with E-state index in [-0.39, 0.29) is 16.1 Å². The summed E-state index contributed by atoms with van der Waals surface area (Å²) in [5, 5.41) is 0. The lowest BCUT2D eigenvalue weighted by Gasteiger charge is -2.23. The standard InChI is InChI=1S/C15H21FN2O2S/c1-10-14(16)6-13(17)7-15(10)21(19,20)18(8-11-2-3-11)9-12-4-5-12/h6-7,11-12H,2-5,8-9,17H2,1H3. The summed E-state index contributed by atoms with van der Waals surface area (Å²) in [5.41, 5.74) is 5.93. The number of nitrogens with zero attached hydrogens (tertiary/aromatic N) is 1. The van der Waals surface area contributed by atoms with E-state index in [4.69, 9.17) is 5.73 Å². The van der Waals surface area contributed by atoms with Crippen LogP contribution in [-0.4, -0.2) is 25.8 Å². The Morgan fingerprint density at radius 3 is 2.19 bits per heavy atom. The first-order valence-electron chi connectivity index (χ1n) is 7.43. The van der Waals surface area contributed by atoms with E-state index in [2.05, 4.69) is 0 Å². The zero-order valence-electron chi connectivity index (χ0n) is 12.2. The van der Waals surface area contributed by atoms with Gasteiger partial charge in [-0.25, -0.2) is 12.8 Å². The maximum atomic E-state index is 13.8. The Hall–Kier alpha value is -1.14. The second-order valence-electron chi connectivity index (χ2n) is 6.33. The van der Waals surface area contributed by atoms with Crippen molar-refractivity contribution in [2.24, 2.45) is 11.8 Å². The number of nitrogen functional groups attached to an aromatic ring is 1. The molecule has 6 heteroatoms. The molecule has 4 nitrogen and oxygen atoms in total. The average Bonchev–Trinajstić information content (AvgIpc) is 3.27. The zero-order valence-corrected chi connectivity index (χ0v) is 13.0. The van der Waals surface area contributed by atoms with Crippen LogP contribution in [0.4, 0.5) is 10.1 Å². The Morgan fingerprint density at radius 1 is 1.19 bits per heavy atom. The smallest absolute Gasteiger partial charge is 0.243 e. The SMILES string of the molecule is Cc1c(F)cc(N)cc1S(=O)(=O)N(CC1CC1)CC1CC1. The quantitative estimate of drug-likeness (QED) is 0.821. The van der Waals surface area contributed by atoms with Crippen LogP contribution in [0.5, 0.6) is 0 Å². The summed E-state index contributed by atoms with van der Waals surface area (Å²) in [5.74, 6) is 0.362. The molecule has 2 saturated carbocycles. The molecule has 0 bridgehead atoms. The van der Waals surface area contributed by atoms with Gasteiger partial charge in [-0.3, -0.25) is 0 Å². The fourth-order valence-corrected chi connectivity index (χ4v) is 4.39. The lowest BCUT2D eigenvalue weighted by molar-refractivity contribution is 0.381. The van der Waals surface area contributed by atoms with Crippen LogP contribution in [0.1, 0.15) is 31.2 Å². The minimum absolute atomic E-state index is 0.0151. The van der Waals surface area contributed by atoms with Crippen molar-refractivity contribution >= 4 is 15.7 Å². The van der Waals surface area contributed by atoms with Crippen LogP contribution >= 0.6 is 0 Å². The summed E-state index contributed by atoms with van der Waals surface area (Å²) >= 11 is 0. The maximum absolute atomic E-state index is 13.8. The molecule has 0 heterocycles. The molecule has 0 unspecified atom stereocenters. The lowest BCUT2D eigenvalue weighted by atomic mass is 10.2. The van der Waals surface area contributed by atoms with Crippen molar-refractivity contribution in [1.82, 2.24) is 4.31 Å². The number of rotatable bonds is 6. The number of sulfonamides is 1. The second-order valence-corrected chi connectivity index (χ2v) is 8.24. The molecular formula is C15H21FN2O2S. The van der Waals surface area contributed by atoms with Gasteiger partial charge < -0.3 is 5.73 Å². The van der Waals surface area contributed by atoms with Gasteiger partial charge in [-0.15, -0.1) is 0 Å². The fraction of sp³-hybridized carbons (Fsp3) is 0.600. The van der Waals surface area contributed by atoms with Gasteiger partial charge in [0.25, 0.3) is 0 Å². The number of nitrogens with two attached hydrogens (primary N) is 1. The molecule has 0 aromatic heterocycles. The highest BCUT2D eigenvalue weighted by Crippen LogP contribution is 2.36. The molecule has 1 aromatic carbocycles. The summed E-state index contributed by atoms with van der Waals surface area (Å²) in [6.07, 6.45) is 4.34. The minimum Gasteiger partial charge on any atom is -0.399 e. The minimum atomic E-state index is -3.67. The van der Waals surface area contributed by atoms with Gasteiger partial charge in [0.2, 0.25) is 10.0 Å². The van der Waals surface area contributed by atoms with E-state index < -0.39 is 15.8 Å². The number of anilines is 1. The number of benzene rings is 1. The van der Waals surface area contributed by atoms with Gasteiger partial charge in [-0.05, 0) is 56.6 Å². The molecule has 2 N–H and O–H groups in total. The Labute approximate surface area is 125 Å². The molecule has 2 aliphatic rings. The number of hydrogen-bond acceptors (Lipinski definition) is 3. The monoisotopic (exact) mass is 312 g/mol. The van der Waals surface area contributed by atoms with E-state index in [9.17, 15) is 12.8 Å². The molecule has 0 spiro atoms. The molecule has 0 aliphatic heterocycles. The largest absolute Gasteiger partial charge is 0.399 e. The maximum Gasteiger partial charge on any atom is 0.243 e. The van der Waals surface area contributed by atoms with Crippen molar-refractivity contribution in [3.8, 4) is 0 Å². The molecule has 3 rings (SSSR count). The fourth-order valence-electron chi connectivity index (χ4n) is 2.53. The van der Waals surface area contributed by atoms with Gasteiger partial charge in [0.05, 0.1) is 4.90 Å². The molecule has 2 fully saturated rings. The van der Waals surface area contributed by atoms with Crippen LogP contribution in [0, 0.1) is 24.6 Å². The molecule has 116 valence electrons. The van der Waals surface area contributed by atoms with E-state index in [0.29, 0.717) is 24.9 Å². The third kappa shape index (κ3) is 3.21. The molecule has 21 heavy (non-hydrogen) atoms. The van der Waals surface area contributed by atoms with Crippen molar-refractivity contribution in [2.75, 3.05) is 18.8 Å². The van der Waals surface area contributed by atoms with Crippen LogP contribution in [0.15, 0.2) is 17.0 Å². The van der Waals surface area contributed by atoms with Crippen molar-refractivity contribution in [3.63, 3.8) is 0 Å². The summed E-state index contributed by atoms with van der Waals surface area (Å²) in [7, 11) is -3.67. The Balaban J connectivity index is 1.95. The zero-order chi connectivity index (χ0) is 15.2. The van der Waals surface area contributed by atoms with Crippen LogP contribution < -0.4 is 5.73 Å². The van der Waals surface area contributed by atoms with Crippen molar-refractivity contribution in [3.05, 3.63) is 23.5 Å². The normalized spacial score (nSPS) is 19.2. The second kappa shape index (κ2) is 5.25. The third-order valence-electron chi connectivity index (χ3n) is 4.25. The van der Waals surface area contributed by atoms with Crippen molar-refractivity contribution in [1.29, 1.82) is 0 Å². The van der Waals surface area contributed by atoms with Crippen LogP contribution in [0.25, 0.3) is 0 Å². The topological polar surface area (TPSA) is 63.4 Å². The van der Waals surface area contributed by atoms with Crippen molar-refractivity contribution in [2.45, 2.75) is 37.5 Å². The summed E-state index contributed by atoms with van der Waals surface area (Å²) in [6.45, 7) is 2.59. The van der Waals surface area contributed by atoms with E-state index in [1.54, 1.807) is 4.31 Å². The van der Waals surface area contributed by atoms with Crippen LogP contribution in [-0.2, 0) is 10.0 Å². The molecule has 0 saturated heterocycles. The number of halogens is 1. The van der Waals surface area contributed by atoms with Crippen LogP contribution in [0.3, 0.4) is 0 Å². The van der Waals surface area contributed by atoms with Gasteiger partial charge in [-0.2, -0.15) is 4.31 Å². The average molecular weight is 312 g/mol. The van der Waals surface area contributed by atoms with Gasteiger partial charge in [0.1, 0.15) is 5.82 Å².